The van der Waals surface area contributed by atoms with E-state index in [1.165, 1.54) is 5.56 Å². The maximum absolute atomic E-state index is 12.3. The maximum atomic E-state index is 12.3. The molecule has 1 unspecified atom stereocenters. The third-order valence-corrected chi connectivity index (χ3v) is 4.32. The molecule has 1 saturated carbocycles. The first-order valence-electron chi connectivity index (χ1n) is 7.96. The molecule has 1 aromatic carbocycles. The second-order valence-corrected chi connectivity index (χ2v) is 6.07. The summed E-state index contributed by atoms with van der Waals surface area (Å²) in [5, 5.41) is 5.53. The Bertz CT molecular complexity index is 512. The van der Waals surface area contributed by atoms with E-state index >= 15 is 0 Å². The van der Waals surface area contributed by atoms with Gasteiger partial charge in [-0.2, -0.15) is 0 Å². The number of primary amides is 1. The minimum Gasteiger partial charge on any atom is -0.353 e. The van der Waals surface area contributed by atoms with Crippen LogP contribution in [0.15, 0.2) is 30.3 Å². The van der Waals surface area contributed by atoms with Crippen molar-refractivity contribution in [2.45, 2.75) is 50.5 Å². The third kappa shape index (κ3) is 4.23. The lowest BCUT2D eigenvalue weighted by Crippen LogP contribution is -2.49. The highest BCUT2D eigenvalue weighted by Gasteiger charge is 2.44. The molecular formula is C17H25N3O2. The van der Waals surface area contributed by atoms with Crippen LogP contribution in [-0.4, -0.2) is 24.5 Å². The molecule has 1 aliphatic rings. The summed E-state index contributed by atoms with van der Waals surface area (Å²) in [6.07, 6.45) is 4.63. The van der Waals surface area contributed by atoms with Gasteiger partial charge >= 0.3 is 6.03 Å². The maximum Gasteiger partial charge on any atom is 0.312 e. The molecule has 1 fully saturated rings. The number of hydrogen-bond acceptors (Lipinski definition) is 2. The second-order valence-electron chi connectivity index (χ2n) is 6.07. The third-order valence-electron chi connectivity index (χ3n) is 4.32. The summed E-state index contributed by atoms with van der Waals surface area (Å²) in [5.74, 6) is -0.144. The van der Waals surface area contributed by atoms with E-state index in [0.717, 1.165) is 25.7 Å². The van der Waals surface area contributed by atoms with Gasteiger partial charge < -0.3 is 16.4 Å². The Kier molecular flexibility index (Phi) is 5.41. The van der Waals surface area contributed by atoms with E-state index in [1.54, 1.807) is 0 Å². The van der Waals surface area contributed by atoms with E-state index in [4.69, 9.17) is 5.73 Å². The number of nitrogens with two attached hydrogens (primary N) is 1. The molecule has 0 aliphatic heterocycles. The monoisotopic (exact) mass is 303 g/mol. The van der Waals surface area contributed by atoms with Gasteiger partial charge in [-0.15, -0.1) is 0 Å². The van der Waals surface area contributed by atoms with Gasteiger partial charge in [0, 0.05) is 12.0 Å². The van der Waals surface area contributed by atoms with Gasteiger partial charge in [-0.3, -0.25) is 4.79 Å². The van der Waals surface area contributed by atoms with Gasteiger partial charge in [-0.1, -0.05) is 50.1 Å². The number of amides is 3. The van der Waals surface area contributed by atoms with Crippen molar-refractivity contribution in [2.24, 2.45) is 5.73 Å². The SMILES string of the molecule is CCCCC(NC(N)=O)C(=O)NCC1(c2ccccc2)CC1. The van der Waals surface area contributed by atoms with Crippen LogP contribution in [0.3, 0.4) is 0 Å². The fourth-order valence-electron chi connectivity index (χ4n) is 2.74. The van der Waals surface area contributed by atoms with Crippen LogP contribution < -0.4 is 16.4 Å². The first-order chi connectivity index (χ1) is 10.6. The van der Waals surface area contributed by atoms with E-state index in [-0.39, 0.29) is 11.3 Å². The molecule has 3 amide bonds. The van der Waals surface area contributed by atoms with E-state index in [0.29, 0.717) is 13.0 Å². The van der Waals surface area contributed by atoms with Crippen LogP contribution in [0.4, 0.5) is 4.79 Å². The highest BCUT2D eigenvalue weighted by molar-refractivity contribution is 5.86. The Labute approximate surface area is 131 Å². The Balaban J connectivity index is 1.91. The molecule has 1 atom stereocenters. The molecule has 5 heteroatoms. The van der Waals surface area contributed by atoms with Crippen molar-refractivity contribution in [1.82, 2.24) is 10.6 Å². The van der Waals surface area contributed by atoms with Crippen LogP contribution in [0.2, 0.25) is 0 Å². The van der Waals surface area contributed by atoms with Crippen LogP contribution in [0.5, 0.6) is 0 Å². The van der Waals surface area contributed by atoms with Crippen LogP contribution in [0.1, 0.15) is 44.6 Å². The van der Waals surface area contributed by atoms with Crippen molar-refractivity contribution < 1.29 is 9.59 Å². The summed E-state index contributed by atoms with van der Waals surface area (Å²) in [5.41, 5.74) is 6.49. The van der Waals surface area contributed by atoms with Gasteiger partial charge in [-0.05, 0) is 24.8 Å². The molecule has 1 aromatic rings. The number of carbonyl (C=O) groups is 2. The lowest BCUT2D eigenvalue weighted by molar-refractivity contribution is -0.123. The van der Waals surface area contributed by atoms with Crippen LogP contribution in [-0.2, 0) is 10.2 Å². The predicted octanol–water partition coefficient (Wildman–Crippen LogP) is 2.06. The molecule has 0 radical (unpaired) electrons. The highest BCUT2D eigenvalue weighted by atomic mass is 16.2. The first-order valence-corrected chi connectivity index (χ1v) is 7.96. The molecule has 4 N–H and O–H groups in total. The van der Waals surface area contributed by atoms with Crippen molar-refractivity contribution in [3.63, 3.8) is 0 Å². The molecule has 0 bridgehead atoms. The van der Waals surface area contributed by atoms with Gasteiger partial charge in [0.05, 0.1) is 0 Å². The number of hydrogen-bond donors (Lipinski definition) is 3. The fourth-order valence-corrected chi connectivity index (χ4v) is 2.74. The second kappa shape index (κ2) is 7.29. The fraction of sp³-hybridized carbons (Fsp3) is 0.529. The van der Waals surface area contributed by atoms with Crippen LogP contribution in [0.25, 0.3) is 0 Å². The molecular weight excluding hydrogens is 278 g/mol. The summed E-state index contributed by atoms with van der Waals surface area (Å²) in [4.78, 5) is 23.4. The topological polar surface area (TPSA) is 84.2 Å². The molecule has 0 heterocycles. The van der Waals surface area contributed by atoms with E-state index in [1.807, 2.05) is 25.1 Å². The Morgan fingerprint density at radius 1 is 1.27 bits per heavy atom. The largest absolute Gasteiger partial charge is 0.353 e. The molecule has 0 spiro atoms. The van der Waals surface area contributed by atoms with Gasteiger partial charge in [0.15, 0.2) is 0 Å². The predicted molar refractivity (Wildman–Crippen MR) is 86.4 cm³/mol. The average molecular weight is 303 g/mol. The Morgan fingerprint density at radius 3 is 2.50 bits per heavy atom. The van der Waals surface area contributed by atoms with Crippen molar-refractivity contribution in [3.05, 3.63) is 35.9 Å². The summed E-state index contributed by atoms with van der Waals surface area (Å²) < 4.78 is 0. The van der Waals surface area contributed by atoms with Gasteiger partial charge in [0.1, 0.15) is 6.04 Å². The molecule has 120 valence electrons. The molecule has 1 aliphatic carbocycles. The minimum atomic E-state index is -0.652. The first kappa shape index (κ1) is 16.3. The smallest absolute Gasteiger partial charge is 0.312 e. The normalized spacial score (nSPS) is 16.6. The number of urea groups is 1. The standard InChI is InChI=1S/C17H25N3O2/c1-2-3-9-14(20-16(18)22)15(21)19-12-17(10-11-17)13-7-5-4-6-8-13/h4-8,14H,2-3,9-12H2,1H3,(H,19,21)(H3,18,20,22). The van der Waals surface area contributed by atoms with Gasteiger partial charge in [0.2, 0.25) is 5.91 Å². The molecule has 5 nitrogen and oxygen atoms in total. The minimum absolute atomic E-state index is 0.0684. The Morgan fingerprint density at radius 2 is 1.95 bits per heavy atom. The Hall–Kier alpha value is -2.04. The summed E-state index contributed by atoms with van der Waals surface area (Å²) in [6, 6.07) is 9.07. The van der Waals surface area contributed by atoms with Crippen molar-refractivity contribution in [1.29, 1.82) is 0 Å². The lowest BCUT2D eigenvalue weighted by atomic mass is 9.96. The van der Waals surface area contributed by atoms with Crippen LogP contribution in [0, 0.1) is 0 Å². The molecule has 0 aromatic heterocycles. The number of nitrogens with one attached hydrogen (secondary N) is 2. The summed E-state index contributed by atoms with van der Waals surface area (Å²) in [7, 11) is 0. The molecule has 2 rings (SSSR count). The summed E-state index contributed by atoms with van der Waals surface area (Å²) in [6.45, 7) is 2.66. The summed E-state index contributed by atoms with van der Waals surface area (Å²) >= 11 is 0. The lowest BCUT2D eigenvalue weighted by Gasteiger charge is -2.21. The van der Waals surface area contributed by atoms with Crippen molar-refractivity contribution in [3.8, 4) is 0 Å². The number of rotatable bonds is 8. The van der Waals surface area contributed by atoms with E-state index in [2.05, 4.69) is 22.8 Å². The number of carbonyl (C=O) groups excluding carboxylic acids is 2. The van der Waals surface area contributed by atoms with E-state index < -0.39 is 12.1 Å². The van der Waals surface area contributed by atoms with Crippen molar-refractivity contribution >= 4 is 11.9 Å². The quantitative estimate of drug-likeness (QED) is 0.687. The zero-order chi connectivity index (χ0) is 16.0. The van der Waals surface area contributed by atoms with Gasteiger partial charge in [-0.25, -0.2) is 4.79 Å². The van der Waals surface area contributed by atoms with Crippen molar-refractivity contribution in [2.75, 3.05) is 6.54 Å². The zero-order valence-corrected chi connectivity index (χ0v) is 13.1. The van der Waals surface area contributed by atoms with Gasteiger partial charge in [0.25, 0.3) is 0 Å². The number of unbranched alkanes of at least 4 members (excludes halogenated alkanes) is 1. The average Bonchev–Trinajstić information content (AvgIpc) is 3.31. The molecule has 0 saturated heterocycles. The highest BCUT2D eigenvalue weighted by Crippen LogP contribution is 2.47. The number of benzene rings is 1. The van der Waals surface area contributed by atoms with Crippen LogP contribution >= 0.6 is 0 Å². The van der Waals surface area contributed by atoms with E-state index in [9.17, 15) is 9.59 Å². The zero-order valence-electron chi connectivity index (χ0n) is 13.1. The molecule has 22 heavy (non-hydrogen) atoms.